The molecule has 17 heavy (non-hydrogen) atoms. The van der Waals surface area contributed by atoms with E-state index in [0.29, 0.717) is 11.8 Å². The Labute approximate surface area is 103 Å². The molecule has 0 aromatic heterocycles. The van der Waals surface area contributed by atoms with Crippen molar-refractivity contribution in [3.63, 3.8) is 0 Å². The Kier molecular flexibility index (Phi) is 4.05. The molecule has 4 heteroatoms. The van der Waals surface area contributed by atoms with E-state index in [2.05, 4.69) is 12.2 Å². The molecule has 1 unspecified atom stereocenters. The Bertz CT molecular complexity index is 263. The smallest absolute Gasteiger partial charge is 0.230 e. The fraction of sp³-hybridized carbons (Fsp3) is 0.923. The zero-order valence-corrected chi connectivity index (χ0v) is 10.7. The maximum absolute atomic E-state index is 12.6. The molecule has 1 atom stereocenters. The molecule has 98 valence electrons. The van der Waals surface area contributed by atoms with Gasteiger partial charge in [0.1, 0.15) is 0 Å². The lowest BCUT2D eigenvalue weighted by molar-refractivity contribution is -0.151. The number of aliphatic hydroxyl groups excluding tert-OH is 1. The zero-order chi connectivity index (χ0) is 12.3. The minimum Gasteiger partial charge on any atom is -0.396 e. The molecule has 0 aromatic rings. The van der Waals surface area contributed by atoms with Gasteiger partial charge in [0.05, 0.1) is 5.41 Å². The van der Waals surface area contributed by atoms with Crippen LogP contribution in [0, 0.1) is 11.3 Å². The van der Waals surface area contributed by atoms with E-state index in [1.807, 2.05) is 4.90 Å². The van der Waals surface area contributed by atoms with Crippen molar-refractivity contribution >= 4 is 5.91 Å². The van der Waals surface area contributed by atoms with Crippen LogP contribution < -0.4 is 5.32 Å². The van der Waals surface area contributed by atoms with E-state index in [0.717, 1.165) is 51.9 Å². The van der Waals surface area contributed by atoms with Gasteiger partial charge in [0.2, 0.25) is 5.91 Å². The quantitative estimate of drug-likeness (QED) is 0.757. The van der Waals surface area contributed by atoms with Gasteiger partial charge in [-0.05, 0) is 25.8 Å². The molecule has 0 spiro atoms. The Morgan fingerprint density at radius 2 is 2.29 bits per heavy atom. The first-order valence-corrected chi connectivity index (χ1v) is 6.83. The second kappa shape index (κ2) is 5.36. The number of nitrogens with zero attached hydrogens (tertiary/aromatic N) is 1. The largest absolute Gasteiger partial charge is 0.396 e. The number of rotatable bonds is 4. The molecule has 0 bridgehead atoms. The van der Waals surface area contributed by atoms with E-state index >= 15 is 0 Å². The minimum absolute atomic E-state index is 0.159. The predicted molar refractivity (Wildman–Crippen MR) is 66.6 cm³/mol. The zero-order valence-electron chi connectivity index (χ0n) is 10.7. The number of carbonyl (C=O) groups is 1. The van der Waals surface area contributed by atoms with Crippen LogP contribution in [-0.2, 0) is 4.79 Å². The van der Waals surface area contributed by atoms with Gasteiger partial charge in [-0.3, -0.25) is 4.79 Å². The Morgan fingerprint density at radius 3 is 2.82 bits per heavy atom. The molecule has 2 saturated heterocycles. The van der Waals surface area contributed by atoms with E-state index in [4.69, 9.17) is 5.11 Å². The lowest BCUT2D eigenvalue weighted by Gasteiger charge is -2.46. The van der Waals surface area contributed by atoms with Gasteiger partial charge < -0.3 is 15.3 Å². The number of amides is 1. The van der Waals surface area contributed by atoms with E-state index in [1.165, 1.54) is 0 Å². The van der Waals surface area contributed by atoms with Crippen LogP contribution >= 0.6 is 0 Å². The molecule has 2 rings (SSSR count). The number of likely N-dealkylation sites (tertiary alicyclic amines) is 1. The minimum atomic E-state index is -0.159. The Balaban J connectivity index is 1.98. The number of carbonyl (C=O) groups excluding carboxylic acids is 1. The molecule has 2 N–H and O–H groups in total. The van der Waals surface area contributed by atoms with Crippen LogP contribution in [0.2, 0.25) is 0 Å². The molecule has 4 nitrogen and oxygen atoms in total. The lowest BCUT2D eigenvalue weighted by atomic mass is 9.75. The van der Waals surface area contributed by atoms with Gasteiger partial charge in [0, 0.05) is 32.2 Å². The number of aliphatic hydroxyl groups is 1. The van der Waals surface area contributed by atoms with Crippen LogP contribution in [0.15, 0.2) is 0 Å². The van der Waals surface area contributed by atoms with Crippen molar-refractivity contribution in [2.45, 2.75) is 32.6 Å². The molecule has 0 aliphatic carbocycles. The second-order valence-corrected chi connectivity index (χ2v) is 5.57. The summed E-state index contributed by atoms with van der Waals surface area (Å²) >= 11 is 0. The molecule has 0 aromatic carbocycles. The van der Waals surface area contributed by atoms with Crippen LogP contribution in [0.1, 0.15) is 32.6 Å². The van der Waals surface area contributed by atoms with E-state index in [9.17, 15) is 4.79 Å². The van der Waals surface area contributed by atoms with Crippen LogP contribution in [0.5, 0.6) is 0 Å². The maximum atomic E-state index is 12.6. The molecule has 0 radical (unpaired) electrons. The summed E-state index contributed by atoms with van der Waals surface area (Å²) in [6.45, 7) is 5.73. The van der Waals surface area contributed by atoms with Gasteiger partial charge in [-0.2, -0.15) is 0 Å². The van der Waals surface area contributed by atoms with Gasteiger partial charge in [0.15, 0.2) is 0 Å². The highest BCUT2D eigenvalue weighted by molar-refractivity contribution is 5.83. The van der Waals surface area contributed by atoms with Gasteiger partial charge >= 0.3 is 0 Å². The molecule has 2 heterocycles. The van der Waals surface area contributed by atoms with E-state index < -0.39 is 0 Å². The summed E-state index contributed by atoms with van der Waals surface area (Å²) in [6, 6.07) is 0. The summed E-state index contributed by atoms with van der Waals surface area (Å²) in [4.78, 5) is 14.5. The molecule has 1 amide bonds. The van der Waals surface area contributed by atoms with Crippen molar-refractivity contribution in [3.8, 4) is 0 Å². The van der Waals surface area contributed by atoms with Gasteiger partial charge in [-0.25, -0.2) is 0 Å². The van der Waals surface area contributed by atoms with Crippen LogP contribution in [-0.4, -0.2) is 48.7 Å². The van der Waals surface area contributed by atoms with Gasteiger partial charge in [-0.15, -0.1) is 0 Å². The SMILES string of the molecule is CCCC1(C(=O)N2CC(CO)C2)CCCNC1. The summed E-state index contributed by atoms with van der Waals surface area (Å²) in [7, 11) is 0. The van der Waals surface area contributed by atoms with Crippen molar-refractivity contribution in [1.29, 1.82) is 0 Å². The van der Waals surface area contributed by atoms with Crippen LogP contribution in [0.25, 0.3) is 0 Å². The second-order valence-electron chi connectivity index (χ2n) is 5.57. The standard InChI is InChI=1S/C13H24N2O2/c1-2-4-13(5-3-6-14-10-13)12(17)15-7-11(8-15)9-16/h11,14,16H,2-10H2,1H3. The highest BCUT2D eigenvalue weighted by Crippen LogP contribution is 2.35. The third kappa shape index (κ3) is 2.47. The molecule has 2 fully saturated rings. The highest BCUT2D eigenvalue weighted by Gasteiger charge is 2.44. The first-order chi connectivity index (χ1) is 8.22. The topological polar surface area (TPSA) is 52.6 Å². The summed E-state index contributed by atoms with van der Waals surface area (Å²) < 4.78 is 0. The highest BCUT2D eigenvalue weighted by atomic mass is 16.3. The average molecular weight is 240 g/mol. The third-order valence-corrected chi connectivity index (χ3v) is 4.16. The van der Waals surface area contributed by atoms with E-state index in [1.54, 1.807) is 0 Å². The molecular formula is C13H24N2O2. The van der Waals surface area contributed by atoms with Crippen molar-refractivity contribution < 1.29 is 9.90 Å². The number of piperidine rings is 1. The fourth-order valence-electron chi connectivity index (χ4n) is 3.14. The Morgan fingerprint density at radius 1 is 1.53 bits per heavy atom. The monoisotopic (exact) mass is 240 g/mol. The first-order valence-electron chi connectivity index (χ1n) is 6.83. The van der Waals surface area contributed by atoms with Crippen molar-refractivity contribution in [2.75, 3.05) is 32.8 Å². The summed E-state index contributed by atoms with van der Waals surface area (Å²) in [5.41, 5.74) is -0.159. The fourth-order valence-corrected chi connectivity index (χ4v) is 3.14. The lowest BCUT2D eigenvalue weighted by Crippen LogP contribution is -2.59. The third-order valence-electron chi connectivity index (χ3n) is 4.16. The summed E-state index contributed by atoms with van der Waals surface area (Å²) in [5.74, 6) is 0.630. The van der Waals surface area contributed by atoms with Crippen LogP contribution in [0.3, 0.4) is 0 Å². The number of hydrogen-bond acceptors (Lipinski definition) is 3. The maximum Gasteiger partial charge on any atom is 0.230 e. The first kappa shape index (κ1) is 12.8. The van der Waals surface area contributed by atoms with Crippen molar-refractivity contribution in [2.24, 2.45) is 11.3 Å². The summed E-state index contributed by atoms with van der Waals surface area (Å²) in [6.07, 6.45) is 4.17. The normalized spacial score (nSPS) is 30.1. The van der Waals surface area contributed by atoms with Crippen molar-refractivity contribution in [3.05, 3.63) is 0 Å². The molecular weight excluding hydrogens is 216 g/mol. The molecule has 2 aliphatic heterocycles. The van der Waals surface area contributed by atoms with Crippen LogP contribution in [0.4, 0.5) is 0 Å². The average Bonchev–Trinajstić information content (AvgIpc) is 2.29. The van der Waals surface area contributed by atoms with Gasteiger partial charge in [-0.1, -0.05) is 13.3 Å². The van der Waals surface area contributed by atoms with E-state index in [-0.39, 0.29) is 12.0 Å². The summed E-state index contributed by atoms with van der Waals surface area (Å²) in [5, 5.41) is 12.4. The number of hydrogen-bond donors (Lipinski definition) is 2. The molecule has 0 saturated carbocycles. The van der Waals surface area contributed by atoms with Gasteiger partial charge in [0.25, 0.3) is 0 Å². The molecule has 2 aliphatic rings. The predicted octanol–water partition coefficient (Wildman–Crippen LogP) is 0.607. The Hall–Kier alpha value is -0.610. The number of nitrogens with one attached hydrogen (secondary N) is 1. The van der Waals surface area contributed by atoms with Crippen molar-refractivity contribution in [1.82, 2.24) is 10.2 Å².